The standard InChI is InChI=1S/C26H34ClFN4O2/c27-25-23(29-15-19-2-1-13-34-17-19)16-30-32(26(25)33)22-9-11-31(12-10-22)24(14-18-3-4-18)20-5-7-21(28)8-6-20/h5-8,16,18-19,22,24,29H,1-4,9-15,17H2/t19-,24-/m1/s1. The number of ether oxygens (including phenoxy) is 1. The number of piperidine rings is 1. The molecule has 2 aromatic rings. The van der Waals surface area contributed by atoms with Crippen LogP contribution in [-0.4, -0.2) is 47.5 Å². The summed E-state index contributed by atoms with van der Waals surface area (Å²) >= 11 is 6.46. The number of nitrogens with zero attached hydrogens (tertiary/aromatic N) is 3. The molecule has 0 spiro atoms. The highest BCUT2D eigenvalue weighted by atomic mass is 35.5. The van der Waals surface area contributed by atoms with Crippen LogP contribution in [0.5, 0.6) is 0 Å². The fraction of sp³-hybridized carbons (Fsp3) is 0.615. The van der Waals surface area contributed by atoms with Crippen molar-refractivity contribution in [1.29, 1.82) is 0 Å². The first-order valence-corrected chi connectivity index (χ1v) is 13.0. The summed E-state index contributed by atoms with van der Waals surface area (Å²) in [6.07, 6.45) is 9.27. The summed E-state index contributed by atoms with van der Waals surface area (Å²) in [6.45, 7) is 4.07. The fourth-order valence-corrected chi connectivity index (χ4v) is 5.55. The topological polar surface area (TPSA) is 59.4 Å². The lowest BCUT2D eigenvalue weighted by Gasteiger charge is -2.38. The van der Waals surface area contributed by atoms with Crippen LogP contribution in [0.1, 0.15) is 62.6 Å². The first-order chi connectivity index (χ1) is 16.6. The molecule has 3 heterocycles. The van der Waals surface area contributed by atoms with E-state index in [4.69, 9.17) is 16.3 Å². The summed E-state index contributed by atoms with van der Waals surface area (Å²) in [5.41, 5.74) is 1.56. The lowest BCUT2D eigenvalue weighted by molar-refractivity contribution is 0.0595. The molecule has 184 valence electrons. The Morgan fingerprint density at radius 2 is 1.88 bits per heavy atom. The number of hydrogen-bond donors (Lipinski definition) is 1. The van der Waals surface area contributed by atoms with Crippen molar-refractivity contribution >= 4 is 17.3 Å². The Labute approximate surface area is 205 Å². The monoisotopic (exact) mass is 488 g/mol. The van der Waals surface area contributed by atoms with E-state index in [0.717, 1.165) is 70.9 Å². The lowest BCUT2D eigenvalue weighted by Crippen LogP contribution is -2.40. The summed E-state index contributed by atoms with van der Waals surface area (Å²) in [5.74, 6) is 1.01. The number of anilines is 1. The third kappa shape index (κ3) is 5.64. The molecule has 1 N–H and O–H groups in total. The van der Waals surface area contributed by atoms with Gasteiger partial charge in [-0.25, -0.2) is 9.07 Å². The van der Waals surface area contributed by atoms with E-state index in [0.29, 0.717) is 17.6 Å². The lowest BCUT2D eigenvalue weighted by atomic mass is 9.95. The SMILES string of the molecule is O=c1c(Cl)c(NC[C@H]2CCCOC2)cnn1C1CCN([C@H](CC2CC2)c2ccc(F)cc2)CC1. The van der Waals surface area contributed by atoms with Gasteiger partial charge in [0, 0.05) is 32.3 Å². The van der Waals surface area contributed by atoms with Crippen molar-refractivity contribution < 1.29 is 9.13 Å². The van der Waals surface area contributed by atoms with Gasteiger partial charge < -0.3 is 10.1 Å². The van der Waals surface area contributed by atoms with Crippen LogP contribution in [0.25, 0.3) is 0 Å². The molecule has 2 atom stereocenters. The van der Waals surface area contributed by atoms with E-state index in [1.54, 1.807) is 23.0 Å². The Morgan fingerprint density at radius 3 is 2.56 bits per heavy atom. The minimum Gasteiger partial charge on any atom is -0.382 e. The summed E-state index contributed by atoms with van der Waals surface area (Å²) in [5, 5.41) is 8.00. The first-order valence-electron chi connectivity index (χ1n) is 12.7. The zero-order chi connectivity index (χ0) is 23.5. The Kier molecular flexibility index (Phi) is 7.52. The van der Waals surface area contributed by atoms with E-state index >= 15 is 0 Å². The largest absolute Gasteiger partial charge is 0.382 e. The number of nitrogens with one attached hydrogen (secondary N) is 1. The fourth-order valence-electron chi connectivity index (χ4n) is 5.34. The van der Waals surface area contributed by atoms with Crippen LogP contribution in [0.4, 0.5) is 10.1 Å². The number of benzene rings is 1. The molecule has 3 aliphatic rings. The number of hydrogen-bond acceptors (Lipinski definition) is 5. The van der Waals surface area contributed by atoms with Crippen LogP contribution in [0.3, 0.4) is 0 Å². The molecule has 8 heteroatoms. The maximum Gasteiger partial charge on any atom is 0.287 e. The van der Waals surface area contributed by atoms with Crippen molar-refractivity contribution in [3.8, 4) is 0 Å². The van der Waals surface area contributed by atoms with E-state index in [1.165, 1.54) is 18.4 Å². The number of rotatable bonds is 8. The van der Waals surface area contributed by atoms with Gasteiger partial charge in [0.05, 0.1) is 24.5 Å². The third-order valence-electron chi connectivity index (χ3n) is 7.57. The van der Waals surface area contributed by atoms with Gasteiger partial charge in [0.15, 0.2) is 0 Å². The maximum atomic E-state index is 13.5. The highest BCUT2D eigenvalue weighted by Gasteiger charge is 2.33. The van der Waals surface area contributed by atoms with Crippen LogP contribution < -0.4 is 10.9 Å². The second-order valence-electron chi connectivity index (χ2n) is 10.1. The Balaban J connectivity index is 1.22. The molecule has 2 saturated heterocycles. The van der Waals surface area contributed by atoms with Crippen LogP contribution in [0.15, 0.2) is 35.3 Å². The third-order valence-corrected chi connectivity index (χ3v) is 7.94. The maximum absolute atomic E-state index is 13.5. The number of aromatic nitrogens is 2. The van der Waals surface area contributed by atoms with E-state index in [2.05, 4.69) is 15.3 Å². The van der Waals surface area contributed by atoms with Gasteiger partial charge in [-0.3, -0.25) is 9.69 Å². The van der Waals surface area contributed by atoms with Gasteiger partial charge in [-0.05, 0) is 61.6 Å². The Morgan fingerprint density at radius 1 is 1.12 bits per heavy atom. The van der Waals surface area contributed by atoms with Crippen molar-refractivity contribution in [3.05, 3.63) is 57.2 Å². The highest BCUT2D eigenvalue weighted by molar-refractivity contribution is 6.32. The Hall–Kier alpha value is -1.96. The van der Waals surface area contributed by atoms with Gasteiger partial charge in [-0.2, -0.15) is 5.10 Å². The molecule has 0 radical (unpaired) electrons. The second kappa shape index (κ2) is 10.8. The smallest absolute Gasteiger partial charge is 0.287 e. The normalized spacial score (nSPS) is 23.1. The molecule has 1 aromatic carbocycles. The van der Waals surface area contributed by atoms with Crippen molar-refractivity contribution in [1.82, 2.24) is 14.7 Å². The molecular formula is C26H34ClFN4O2. The molecule has 2 aliphatic heterocycles. The van der Waals surface area contributed by atoms with Crippen LogP contribution in [0.2, 0.25) is 5.02 Å². The molecule has 0 amide bonds. The predicted octanol–water partition coefficient (Wildman–Crippen LogP) is 5.05. The van der Waals surface area contributed by atoms with E-state index in [-0.39, 0.29) is 22.4 Å². The molecule has 34 heavy (non-hydrogen) atoms. The minimum absolute atomic E-state index is 0.0387. The molecule has 0 bridgehead atoms. The average molecular weight is 489 g/mol. The van der Waals surface area contributed by atoms with Gasteiger partial charge in [0.25, 0.3) is 5.56 Å². The van der Waals surface area contributed by atoms with Crippen LogP contribution in [0, 0.1) is 17.7 Å². The number of likely N-dealkylation sites (tertiary alicyclic amines) is 1. The van der Waals surface area contributed by atoms with Gasteiger partial charge in [0.2, 0.25) is 0 Å². The van der Waals surface area contributed by atoms with Crippen molar-refractivity contribution in [2.24, 2.45) is 11.8 Å². The van der Waals surface area contributed by atoms with Gasteiger partial charge in [0.1, 0.15) is 10.8 Å². The molecular weight excluding hydrogens is 455 g/mol. The molecule has 1 saturated carbocycles. The summed E-state index contributed by atoms with van der Waals surface area (Å²) < 4.78 is 20.6. The molecule has 5 rings (SSSR count). The molecule has 1 aliphatic carbocycles. The average Bonchev–Trinajstić information content (AvgIpc) is 3.69. The summed E-state index contributed by atoms with van der Waals surface area (Å²) in [6, 6.07) is 7.31. The molecule has 1 aromatic heterocycles. The zero-order valence-corrected chi connectivity index (χ0v) is 20.4. The van der Waals surface area contributed by atoms with Gasteiger partial charge in [-0.1, -0.05) is 36.6 Å². The van der Waals surface area contributed by atoms with Crippen molar-refractivity contribution in [3.63, 3.8) is 0 Å². The summed E-state index contributed by atoms with van der Waals surface area (Å²) in [4.78, 5) is 15.5. The predicted molar refractivity (Wildman–Crippen MR) is 132 cm³/mol. The van der Waals surface area contributed by atoms with Crippen molar-refractivity contribution in [2.75, 3.05) is 38.2 Å². The molecule has 6 nitrogen and oxygen atoms in total. The van der Waals surface area contributed by atoms with Gasteiger partial charge in [-0.15, -0.1) is 0 Å². The van der Waals surface area contributed by atoms with Gasteiger partial charge >= 0.3 is 0 Å². The summed E-state index contributed by atoms with van der Waals surface area (Å²) in [7, 11) is 0. The van der Waals surface area contributed by atoms with Crippen LogP contribution >= 0.6 is 11.6 Å². The van der Waals surface area contributed by atoms with E-state index in [1.807, 2.05) is 12.1 Å². The van der Waals surface area contributed by atoms with Crippen LogP contribution in [-0.2, 0) is 4.74 Å². The molecule has 0 unspecified atom stereocenters. The van der Waals surface area contributed by atoms with E-state index < -0.39 is 0 Å². The second-order valence-corrected chi connectivity index (χ2v) is 10.5. The highest BCUT2D eigenvalue weighted by Crippen LogP contribution is 2.41. The first kappa shape index (κ1) is 23.8. The zero-order valence-electron chi connectivity index (χ0n) is 19.6. The number of halogens is 2. The minimum atomic E-state index is -0.224. The quantitative estimate of drug-likeness (QED) is 0.563. The Bertz CT molecular complexity index is 1010. The molecule has 3 fully saturated rings. The van der Waals surface area contributed by atoms with E-state index in [9.17, 15) is 9.18 Å². The van der Waals surface area contributed by atoms with Crippen molar-refractivity contribution in [2.45, 2.75) is 57.0 Å².